The molecular weight excluding hydrogens is 407 g/mol. The molecule has 0 radical (unpaired) electrons. The van der Waals surface area contributed by atoms with Gasteiger partial charge in [0.05, 0.1) is 17.7 Å². The molecule has 1 unspecified atom stereocenters. The molecule has 1 rings (SSSR count). The Morgan fingerprint density at radius 1 is 0.778 bits per heavy atom. The standard InChI is InChI=1S/C14H8F11NO/c15-10(16,5-9(27)8-3-1-7(6-26)2-4-8)11(17,18)12(19,20)13(21,22)14(23,24)25/h1-4,9,27H,5H2. The average Bonchev–Trinajstić information content (AvgIpc) is 2.52. The number of nitrogens with zero attached hydrogens (tertiary/aromatic N) is 1. The topological polar surface area (TPSA) is 44.0 Å². The van der Waals surface area contributed by atoms with Crippen LogP contribution in [0.25, 0.3) is 0 Å². The Hall–Kier alpha value is -2.10. The quantitative estimate of drug-likeness (QED) is 0.659. The zero-order valence-corrected chi connectivity index (χ0v) is 12.6. The number of alkyl halides is 11. The van der Waals surface area contributed by atoms with Gasteiger partial charge in [-0.25, -0.2) is 0 Å². The van der Waals surface area contributed by atoms with E-state index >= 15 is 0 Å². The van der Waals surface area contributed by atoms with Gasteiger partial charge in [0, 0.05) is 6.42 Å². The van der Waals surface area contributed by atoms with Crippen LogP contribution in [0, 0.1) is 11.3 Å². The van der Waals surface area contributed by atoms with Gasteiger partial charge in [-0.15, -0.1) is 0 Å². The van der Waals surface area contributed by atoms with Gasteiger partial charge in [0.15, 0.2) is 0 Å². The zero-order valence-electron chi connectivity index (χ0n) is 12.6. The molecule has 13 heteroatoms. The van der Waals surface area contributed by atoms with Crippen molar-refractivity contribution in [2.45, 2.75) is 42.4 Å². The predicted octanol–water partition coefficient (Wildman–Crippen LogP) is 5.09. The van der Waals surface area contributed by atoms with E-state index in [1.54, 1.807) is 6.07 Å². The summed E-state index contributed by atoms with van der Waals surface area (Å²) in [6.07, 6.45) is -12.5. The number of aliphatic hydroxyl groups excluding tert-OH is 1. The highest BCUT2D eigenvalue weighted by atomic mass is 19.4. The summed E-state index contributed by atoms with van der Waals surface area (Å²) in [6.45, 7) is 0. The normalized spacial score (nSPS) is 15.4. The van der Waals surface area contributed by atoms with Crippen molar-refractivity contribution >= 4 is 0 Å². The van der Waals surface area contributed by atoms with E-state index in [4.69, 9.17) is 5.26 Å². The van der Waals surface area contributed by atoms with E-state index in [1.165, 1.54) is 0 Å². The molecule has 0 aliphatic carbocycles. The fourth-order valence-electron chi connectivity index (χ4n) is 1.87. The van der Waals surface area contributed by atoms with Gasteiger partial charge >= 0.3 is 29.9 Å². The smallest absolute Gasteiger partial charge is 0.388 e. The van der Waals surface area contributed by atoms with Crippen LogP contribution < -0.4 is 0 Å². The highest BCUT2D eigenvalue weighted by Crippen LogP contribution is 2.58. The molecule has 0 saturated heterocycles. The van der Waals surface area contributed by atoms with Crippen LogP contribution in [0.4, 0.5) is 48.3 Å². The highest BCUT2D eigenvalue weighted by Gasteiger charge is 2.87. The average molecular weight is 415 g/mol. The number of nitriles is 1. The Labute approximate surface area is 143 Å². The minimum Gasteiger partial charge on any atom is -0.388 e. The monoisotopic (exact) mass is 415 g/mol. The molecule has 27 heavy (non-hydrogen) atoms. The van der Waals surface area contributed by atoms with Crippen molar-refractivity contribution in [2.75, 3.05) is 0 Å². The number of rotatable bonds is 6. The summed E-state index contributed by atoms with van der Waals surface area (Å²) in [7, 11) is 0. The van der Waals surface area contributed by atoms with Gasteiger partial charge in [-0.2, -0.15) is 53.6 Å². The zero-order chi connectivity index (χ0) is 21.5. The van der Waals surface area contributed by atoms with Gasteiger partial charge in [0.2, 0.25) is 0 Å². The first-order valence-electron chi connectivity index (χ1n) is 6.68. The maximum atomic E-state index is 13.6. The number of hydrogen-bond donors (Lipinski definition) is 1. The molecule has 0 aliphatic heterocycles. The van der Waals surface area contributed by atoms with Gasteiger partial charge in [0.1, 0.15) is 0 Å². The first-order valence-corrected chi connectivity index (χ1v) is 6.68. The van der Waals surface area contributed by atoms with E-state index in [2.05, 4.69) is 0 Å². The van der Waals surface area contributed by atoms with Crippen molar-refractivity contribution in [3.05, 3.63) is 35.4 Å². The largest absolute Gasteiger partial charge is 0.460 e. The third-order valence-electron chi connectivity index (χ3n) is 3.48. The Morgan fingerprint density at radius 3 is 1.59 bits per heavy atom. The summed E-state index contributed by atoms with van der Waals surface area (Å²) < 4.78 is 141. The van der Waals surface area contributed by atoms with Crippen molar-refractivity contribution in [1.82, 2.24) is 0 Å². The van der Waals surface area contributed by atoms with Crippen LogP contribution in [0.5, 0.6) is 0 Å². The third-order valence-corrected chi connectivity index (χ3v) is 3.48. The van der Waals surface area contributed by atoms with Crippen LogP contribution in [0.3, 0.4) is 0 Å². The van der Waals surface area contributed by atoms with Crippen molar-refractivity contribution in [3.8, 4) is 6.07 Å². The predicted molar refractivity (Wildman–Crippen MR) is 66.6 cm³/mol. The van der Waals surface area contributed by atoms with Crippen LogP contribution in [-0.4, -0.2) is 35.0 Å². The van der Waals surface area contributed by atoms with Crippen LogP contribution in [-0.2, 0) is 0 Å². The second kappa shape index (κ2) is 6.81. The lowest BCUT2D eigenvalue weighted by Gasteiger charge is -2.37. The molecule has 0 saturated carbocycles. The lowest BCUT2D eigenvalue weighted by molar-refractivity contribution is -0.423. The maximum Gasteiger partial charge on any atom is 0.460 e. The van der Waals surface area contributed by atoms with E-state index in [-0.39, 0.29) is 5.56 Å². The molecule has 2 nitrogen and oxygen atoms in total. The first kappa shape index (κ1) is 22.9. The number of hydrogen-bond acceptors (Lipinski definition) is 2. The van der Waals surface area contributed by atoms with Crippen molar-refractivity contribution in [3.63, 3.8) is 0 Å². The van der Waals surface area contributed by atoms with E-state index in [0.29, 0.717) is 0 Å². The number of benzene rings is 1. The third kappa shape index (κ3) is 3.80. The van der Waals surface area contributed by atoms with Crippen LogP contribution >= 0.6 is 0 Å². The summed E-state index contributed by atoms with van der Waals surface area (Å²) in [4.78, 5) is 0. The highest BCUT2D eigenvalue weighted by molar-refractivity contribution is 5.32. The molecule has 0 heterocycles. The summed E-state index contributed by atoms with van der Waals surface area (Å²) in [5.41, 5.74) is -0.644. The second-order valence-corrected chi connectivity index (χ2v) is 5.38. The lowest BCUT2D eigenvalue weighted by atomic mass is 9.92. The summed E-state index contributed by atoms with van der Waals surface area (Å²) >= 11 is 0. The molecule has 1 atom stereocenters. The molecule has 0 amide bonds. The molecule has 152 valence electrons. The van der Waals surface area contributed by atoms with Gasteiger partial charge in [-0.1, -0.05) is 12.1 Å². The Bertz CT molecular complexity index is 703. The Morgan fingerprint density at radius 2 is 1.22 bits per heavy atom. The van der Waals surface area contributed by atoms with Crippen LogP contribution in [0.15, 0.2) is 24.3 Å². The van der Waals surface area contributed by atoms with Gasteiger partial charge in [-0.3, -0.25) is 0 Å². The molecule has 1 N–H and O–H groups in total. The maximum absolute atomic E-state index is 13.6. The molecule has 0 aromatic heterocycles. The molecule has 1 aromatic carbocycles. The summed E-state index contributed by atoms with van der Waals surface area (Å²) in [5.74, 6) is -28.3. The van der Waals surface area contributed by atoms with E-state index in [1.807, 2.05) is 0 Å². The SMILES string of the molecule is N#Cc1ccc(C(O)CC(F)(F)C(F)(F)C(F)(F)C(F)(F)C(F)(F)F)cc1. The molecule has 0 fully saturated rings. The molecule has 1 aromatic rings. The van der Waals surface area contributed by atoms with Crippen molar-refractivity contribution in [2.24, 2.45) is 0 Å². The summed E-state index contributed by atoms with van der Waals surface area (Å²) in [6, 6.07) is 5.00. The first-order chi connectivity index (χ1) is 11.9. The van der Waals surface area contributed by atoms with Crippen LogP contribution in [0.2, 0.25) is 0 Å². The Balaban J connectivity index is 3.21. The molecule has 0 bridgehead atoms. The minimum absolute atomic E-state index is 0.0561. The number of aliphatic hydroxyl groups is 1. The summed E-state index contributed by atoms with van der Waals surface area (Å²) in [5, 5.41) is 18.0. The van der Waals surface area contributed by atoms with Gasteiger partial charge < -0.3 is 5.11 Å². The molecule has 0 aliphatic rings. The lowest BCUT2D eigenvalue weighted by Crippen LogP contribution is -2.66. The van der Waals surface area contributed by atoms with Crippen LogP contribution in [0.1, 0.15) is 23.7 Å². The Kier molecular flexibility index (Phi) is 5.79. The second-order valence-electron chi connectivity index (χ2n) is 5.38. The fraction of sp³-hybridized carbons (Fsp3) is 0.500. The van der Waals surface area contributed by atoms with Crippen molar-refractivity contribution in [1.29, 1.82) is 5.26 Å². The van der Waals surface area contributed by atoms with E-state index in [9.17, 15) is 53.4 Å². The van der Waals surface area contributed by atoms with E-state index < -0.39 is 48.0 Å². The molecule has 0 spiro atoms. The minimum atomic E-state index is -7.51. The van der Waals surface area contributed by atoms with E-state index in [0.717, 1.165) is 24.3 Å². The van der Waals surface area contributed by atoms with Crippen molar-refractivity contribution < 1.29 is 53.4 Å². The van der Waals surface area contributed by atoms with Gasteiger partial charge in [-0.05, 0) is 17.7 Å². The molecular formula is C14H8F11NO. The number of halogens is 11. The van der Waals surface area contributed by atoms with Gasteiger partial charge in [0.25, 0.3) is 0 Å². The fourth-order valence-corrected chi connectivity index (χ4v) is 1.87.